The van der Waals surface area contributed by atoms with Crippen LogP contribution in [0.4, 0.5) is 0 Å². The van der Waals surface area contributed by atoms with E-state index in [1.807, 2.05) is 6.07 Å². The largest absolute Gasteiger partial charge is 0.352 e. The molecule has 0 saturated heterocycles. The van der Waals surface area contributed by atoms with E-state index >= 15 is 0 Å². The van der Waals surface area contributed by atoms with E-state index in [0.29, 0.717) is 36.3 Å². The van der Waals surface area contributed by atoms with Crippen LogP contribution >= 0.6 is 0 Å². The Morgan fingerprint density at radius 1 is 1.04 bits per heavy atom. The summed E-state index contributed by atoms with van der Waals surface area (Å²) in [6, 6.07) is 14.2. The molecule has 2 aliphatic carbocycles. The molecule has 4 rings (SSSR count). The fourth-order valence-electron chi connectivity index (χ4n) is 4.77. The van der Waals surface area contributed by atoms with E-state index in [2.05, 4.69) is 39.9 Å². The van der Waals surface area contributed by atoms with Gasteiger partial charge in [-0.2, -0.15) is 0 Å². The van der Waals surface area contributed by atoms with Gasteiger partial charge in [-0.05, 0) is 42.4 Å². The predicted octanol–water partition coefficient (Wildman–Crippen LogP) is 2.90. The number of carbonyl (C=O) groups is 2. The van der Waals surface area contributed by atoms with Gasteiger partial charge in [0.15, 0.2) is 0 Å². The smallest absolute Gasteiger partial charge is 0.252 e. The number of fused-ring (bicyclic) bond motifs is 1. The monoisotopic (exact) mass is 363 g/mol. The predicted molar refractivity (Wildman–Crippen MR) is 103 cm³/mol. The number of carbonyl (C=O) groups excluding carboxylic acids is 2. The maximum absolute atomic E-state index is 12.5. The first-order valence-electron chi connectivity index (χ1n) is 9.76. The SMILES string of the molecule is O=C(CCNC(=O)c1cccnc1)NC1C2CCCC2C1c1ccccc1. The van der Waals surface area contributed by atoms with Crippen molar-refractivity contribution >= 4 is 11.8 Å². The molecule has 0 spiro atoms. The van der Waals surface area contributed by atoms with E-state index in [4.69, 9.17) is 0 Å². The molecule has 140 valence electrons. The van der Waals surface area contributed by atoms with Gasteiger partial charge >= 0.3 is 0 Å². The van der Waals surface area contributed by atoms with Crippen LogP contribution in [0.25, 0.3) is 0 Å². The van der Waals surface area contributed by atoms with Crippen LogP contribution in [0.1, 0.15) is 47.5 Å². The third kappa shape index (κ3) is 3.72. The lowest BCUT2D eigenvalue weighted by molar-refractivity contribution is -0.123. The number of hydrogen-bond donors (Lipinski definition) is 2. The fourth-order valence-corrected chi connectivity index (χ4v) is 4.77. The van der Waals surface area contributed by atoms with Crippen molar-refractivity contribution in [3.63, 3.8) is 0 Å². The Kier molecular flexibility index (Phi) is 5.19. The standard InChI is InChI=1S/C22H25N3O2/c26-19(11-13-24-22(27)16-8-5-12-23-14-16)25-21-18-10-4-9-17(18)20(21)15-6-2-1-3-7-15/h1-3,5-8,12,14,17-18,20-21H,4,9-11,13H2,(H,24,27)(H,25,26). The normalized spacial score (nSPS) is 25.9. The number of nitrogens with zero attached hydrogens (tertiary/aromatic N) is 1. The van der Waals surface area contributed by atoms with Crippen molar-refractivity contribution in [3.8, 4) is 0 Å². The van der Waals surface area contributed by atoms with Crippen molar-refractivity contribution < 1.29 is 9.59 Å². The zero-order valence-electron chi connectivity index (χ0n) is 15.3. The molecule has 0 bridgehead atoms. The quantitative estimate of drug-likeness (QED) is 0.829. The lowest BCUT2D eigenvalue weighted by Crippen LogP contribution is -2.56. The fraction of sp³-hybridized carbons (Fsp3) is 0.409. The highest BCUT2D eigenvalue weighted by atomic mass is 16.2. The van der Waals surface area contributed by atoms with Crippen LogP contribution in [0.2, 0.25) is 0 Å². The first-order chi connectivity index (χ1) is 13.2. The Hall–Kier alpha value is -2.69. The molecule has 2 amide bonds. The molecular weight excluding hydrogens is 338 g/mol. The summed E-state index contributed by atoms with van der Waals surface area (Å²) < 4.78 is 0. The van der Waals surface area contributed by atoms with E-state index in [9.17, 15) is 9.59 Å². The summed E-state index contributed by atoms with van der Waals surface area (Å²) in [7, 11) is 0. The minimum Gasteiger partial charge on any atom is -0.352 e. The van der Waals surface area contributed by atoms with Crippen LogP contribution in [-0.2, 0) is 4.79 Å². The molecule has 2 N–H and O–H groups in total. The second-order valence-corrected chi connectivity index (χ2v) is 7.54. The number of pyridine rings is 1. The van der Waals surface area contributed by atoms with Crippen LogP contribution < -0.4 is 10.6 Å². The molecule has 1 aromatic carbocycles. The van der Waals surface area contributed by atoms with Crippen molar-refractivity contribution in [2.24, 2.45) is 11.8 Å². The zero-order chi connectivity index (χ0) is 18.6. The van der Waals surface area contributed by atoms with Crippen LogP contribution in [0.15, 0.2) is 54.9 Å². The Labute approximate surface area is 159 Å². The molecule has 0 aliphatic heterocycles. The highest BCUT2D eigenvalue weighted by molar-refractivity contribution is 5.94. The molecular formula is C22H25N3O2. The van der Waals surface area contributed by atoms with E-state index in [1.165, 1.54) is 31.0 Å². The molecule has 2 aliphatic rings. The second-order valence-electron chi connectivity index (χ2n) is 7.54. The average molecular weight is 363 g/mol. The summed E-state index contributed by atoms with van der Waals surface area (Å²) in [5.41, 5.74) is 1.84. The van der Waals surface area contributed by atoms with E-state index in [0.717, 1.165) is 0 Å². The third-order valence-corrected chi connectivity index (χ3v) is 6.01. The highest BCUT2D eigenvalue weighted by Gasteiger charge is 2.53. The summed E-state index contributed by atoms with van der Waals surface area (Å²) >= 11 is 0. The van der Waals surface area contributed by atoms with Gasteiger partial charge in [0, 0.05) is 37.3 Å². The highest BCUT2D eigenvalue weighted by Crippen LogP contribution is 2.55. The number of benzene rings is 1. The zero-order valence-corrected chi connectivity index (χ0v) is 15.3. The second kappa shape index (κ2) is 7.91. The third-order valence-electron chi connectivity index (χ3n) is 6.01. The number of amides is 2. The molecule has 0 radical (unpaired) electrons. The van der Waals surface area contributed by atoms with Crippen molar-refractivity contribution in [2.45, 2.75) is 37.6 Å². The number of hydrogen-bond acceptors (Lipinski definition) is 3. The van der Waals surface area contributed by atoms with Gasteiger partial charge in [0.1, 0.15) is 0 Å². The topological polar surface area (TPSA) is 71.1 Å². The Balaban J connectivity index is 1.30. The number of aromatic nitrogens is 1. The average Bonchev–Trinajstić information content (AvgIpc) is 3.11. The summed E-state index contributed by atoms with van der Waals surface area (Å²) in [5, 5.41) is 6.04. The Morgan fingerprint density at radius 2 is 1.85 bits per heavy atom. The van der Waals surface area contributed by atoms with Crippen LogP contribution in [0, 0.1) is 11.8 Å². The van der Waals surface area contributed by atoms with Gasteiger partial charge in [-0.3, -0.25) is 14.6 Å². The van der Waals surface area contributed by atoms with Gasteiger partial charge in [-0.25, -0.2) is 0 Å². The molecule has 4 atom stereocenters. The number of rotatable bonds is 6. The summed E-state index contributed by atoms with van der Waals surface area (Å²) in [6.45, 7) is 0.330. The minimum atomic E-state index is -0.197. The van der Waals surface area contributed by atoms with Gasteiger partial charge < -0.3 is 10.6 Å². The minimum absolute atomic E-state index is 0.0118. The maximum Gasteiger partial charge on any atom is 0.252 e. The van der Waals surface area contributed by atoms with Crippen LogP contribution in [0.3, 0.4) is 0 Å². The molecule has 5 heteroatoms. The van der Waals surface area contributed by atoms with Gasteiger partial charge in [-0.1, -0.05) is 36.8 Å². The first kappa shape index (κ1) is 17.7. The van der Waals surface area contributed by atoms with Crippen molar-refractivity contribution in [3.05, 3.63) is 66.0 Å². The van der Waals surface area contributed by atoms with Gasteiger partial charge in [-0.15, -0.1) is 0 Å². The Morgan fingerprint density at radius 3 is 2.63 bits per heavy atom. The van der Waals surface area contributed by atoms with Crippen molar-refractivity contribution in [1.29, 1.82) is 0 Å². The molecule has 5 nitrogen and oxygen atoms in total. The lowest BCUT2D eigenvalue weighted by Gasteiger charge is -2.49. The van der Waals surface area contributed by atoms with Crippen LogP contribution in [-0.4, -0.2) is 29.4 Å². The lowest BCUT2D eigenvalue weighted by atomic mass is 9.60. The summed E-state index contributed by atoms with van der Waals surface area (Å²) in [4.78, 5) is 28.4. The molecule has 2 fully saturated rings. The van der Waals surface area contributed by atoms with E-state index < -0.39 is 0 Å². The molecule has 4 unspecified atom stereocenters. The molecule has 27 heavy (non-hydrogen) atoms. The van der Waals surface area contributed by atoms with Gasteiger partial charge in [0.05, 0.1) is 5.56 Å². The van der Waals surface area contributed by atoms with Crippen molar-refractivity contribution in [1.82, 2.24) is 15.6 Å². The van der Waals surface area contributed by atoms with E-state index in [-0.39, 0.29) is 17.9 Å². The summed E-state index contributed by atoms with van der Waals surface area (Å²) in [6.07, 6.45) is 7.17. The molecule has 2 aromatic rings. The first-order valence-corrected chi connectivity index (χ1v) is 9.76. The van der Waals surface area contributed by atoms with Crippen LogP contribution in [0.5, 0.6) is 0 Å². The molecule has 1 heterocycles. The van der Waals surface area contributed by atoms with Gasteiger partial charge in [0.2, 0.25) is 5.91 Å². The molecule has 2 saturated carbocycles. The molecule has 1 aromatic heterocycles. The maximum atomic E-state index is 12.5. The number of nitrogens with one attached hydrogen (secondary N) is 2. The summed E-state index contributed by atoms with van der Waals surface area (Å²) in [5.74, 6) is 1.54. The van der Waals surface area contributed by atoms with Crippen molar-refractivity contribution in [2.75, 3.05) is 6.54 Å². The Bertz CT molecular complexity index is 794. The van der Waals surface area contributed by atoms with E-state index in [1.54, 1.807) is 18.3 Å². The van der Waals surface area contributed by atoms with Gasteiger partial charge in [0.25, 0.3) is 5.91 Å².